The molecule has 0 saturated heterocycles. The lowest BCUT2D eigenvalue weighted by Crippen LogP contribution is -2.14. The second kappa shape index (κ2) is 29.5. The third kappa shape index (κ3) is 15.5. The third-order valence-electron chi connectivity index (χ3n) is 19.5. The zero-order chi connectivity index (χ0) is 77.8. The second-order valence-corrected chi connectivity index (χ2v) is 34.9. The summed E-state index contributed by atoms with van der Waals surface area (Å²) in [4.78, 5) is 62.4. The highest BCUT2D eigenvalue weighted by molar-refractivity contribution is 7.91. The zero-order valence-corrected chi connectivity index (χ0v) is 62.7. The smallest absolute Gasteiger partial charge is 0.356 e. The van der Waals surface area contributed by atoms with Gasteiger partial charge in [0.1, 0.15) is 0 Å². The molecule has 0 spiro atoms. The molecule has 0 aliphatic carbocycles. The van der Waals surface area contributed by atoms with Gasteiger partial charge < -0.3 is 38.2 Å². The molecule has 1 unspecified atom stereocenters. The van der Waals surface area contributed by atoms with Gasteiger partial charge in [0, 0.05) is 121 Å². The molecule has 0 bridgehead atoms. The summed E-state index contributed by atoms with van der Waals surface area (Å²) >= 11 is 0. The standard InChI is InChI=1S/C21H18N2O4S.C21H21NO4S.C20H16N2O4S.C19H15N3O4S/c1-13-9-15(28(2,26)27)8-7-14(13)10-17-16-5-3-4-6-19(16)23-12-18(21(24)25)22-11-20(17)23;1-13-9-16(27(2,25)26)8-7-14(13)10-18-17-5-3-4-6-19(17)22-12-15(21(23)24)11-20(18)22;1-27(25,26)14-8-6-13(7-9-14)10-16-15-4-2-3-5-18(15)22-12-17(20(23)24)21-11-19(16)22;1-27(25,26)18-7-6-12(9-21-18)8-14-13-4-2-3-5-16(13)22-11-15(19(23)24)20-10-17(14)22/h3-9,11-12H,10H2,1-2H3,(H,24,25);3-9,15H,10-12H2,1-2H3,(H,23,24);2-9,11-12H,10H2,1H3,(H,23,24);2-7,9-11H,8H2,1H3,(H,23,24). The van der Waals surface area contributed by atoms with Gasteiger partial charge in [0.25, 0.3) is 0 Å². The lowest BCUT2D eigenvalue weighted by Gasteiger charge is -2.09. The first kappa shape index (κ1) is 75.0. The summed E-state index contributed by atoms with van der Waals surface area (Å²) in [6, 6.07) is 51.7. The molecule has 24 nitrogen and oxygen atoms in total. The number of para-hydroxylation sites is 4. The van der Waals surface area contributed by atoms with Gasteiger partial charge in [0.15, 0.2) is 61.5 Å². The van der Waals surface area contributed by atoms with Crippen LogP contribution in [-0.2, 0) is 82.8 Å². The number of aliphatic carboxylic acids is 1. The minimum absolute atomic E-state index is 0.0199. The van der Waals surface area contributed by atoms with Crippen LogP contribution in [0.4, 0.5) is 0 Å². The maximum atomic E-state index is 11.8. The Morgan fingerprint density at radius 2 is 0.743 bits per heavy atom. The molecule has 109 heavy (non-hydrogen) atoms. The number of pyridine rings is 1. The Kier molecular flexibility index (Phi) is 20.3. The molecule has 554 valence electrons. The van der Waals surface area contributed by atoms with Gasteiger partial charge in [0.05, 0.1) is 72.3 Å². The number of hydrogen-bond acceptors (Lipinski definition) is 16. The van der Waals surface area contributed by atoms with Crippen molar-refractivity contribution in [2.45, 2.75) is 72.2 Å². The van der Waals surface area contributed by atoms with Crippen molar-refractivity contribution < 1.29 is 73.3 Å². The first-order chi connectivity index (χ1) is 51.7. The normalized spacial score (nSPS) is 13.1. The van der Waals surface area contributed by atoms with E-state index in [0.29, 0.717) is 48.4 Å². The maximum Gasteiger partial charge on any atom is 0.356 e. The van der Waals surface area contributed by atoms with Gasteiger partial charge in [-0.3, -0.25) is 4.79 Å². The minimum atomic E-state index is -3.34. The van der Waals surface area contributed by atoms with Crippen LogP contribution in [0.2, 0.25) is 0 Å². The summed E-state index contributed by atoms with van der Waals surface area (Å²) in [5, 5.41) is 41.3. The van der Waals surface area contributed by atoms with Gasteiger partial charge >= 0.3 is 23.9 Å². The van der Waals surface area contributed by atoms with Crippen molar-refractivity contribution in [1.82, 2.24) is 37.7 Å². The molecular formula is C81H70N8O16S4. The molecule has 15 aromatic rings. The second-order valence-electron chi connectivity index (χ2n) is 26.9. The Bertz CT molecular complexity index is 6520. The number of carbonyl (C=O) groups is 4. The van der Waals surface area contributed by atoms with E-state index in [1.165, 1.54) is 43.4 Å². The summed E-state index contributed by atoms with van der Waals surface area (Å²) in [5.41, 5.74) is 17.1. The van der Waals surface area contributed by atoms with Crippen molar-refractivity contribution in [3.8, 4) is 0 Å². The SMILES string of the molecule is CS(=O)(=O)c1ccc(Cc2c3ccccc3n3cc(C(=O)O)ncc23)cc1.CS(=O)(=O)c1ccc(Cc2c3ccccc3n3cc(C(=O)O)ncc23)cn1.Cc1cc(S(C)(=O)=O)ccc1Cc1c2ccccc2n2cc(C(=O)O)ncc12.Cc1cc(S(C)(=O)=O)ccc1Cc1c2n(c3ccccc13)CC(C(=O)O)C2. The predicted molar refractivity (Wildman–Crippen MR) is 412 cm³/mol. The quantitative estimate of drug-likeness (QED) is 0.0698. The van der Waals surface area contributed by atoms with E-state index in [1.807, 2.05) is 130 Å². The molecule has 28 heteroatoms. The Morgan fingerprint density at radius 1 is 0.385 bits per heavy atom. The summed E-state index contributed by atoms with van der Waals surface area (Å²) in [6.45, 7) is 4.31. The predicted octanol–water partition coefficient (Wildman–Crippen LogP) is 12.4. The van der Waals surface area contributed by atoms with Gasteiger partial charge in [-0.25, -0.2) is 68.0 Å². The van der Waals surface area contributed by atoms with E-state index >= 15 is 0 Å². The molecular weight excluding hydrogens is 1470 g/mol. The number of carboxylic acids is 4. The Hall–Kier alpha value is -12.2. The number of sulfone groups is 4. The van der Waals surface area contributed by atoms with Gasteiger partial charge in [-0.05, 0) is 136 Å². The summed E-state index contributed by atoms with van der Waals surface area (Å²) < 4.78 is 101. The van der Waals surface area contributed by atoms with Crippen LogP contribution in [0.25, 0.3) is 60.2 Å². The number of rotatable bonds is 16. The number of aryl methyl sites for hydroxylation is 2. The van der Waals surface area contributed by atoms with Crippen LogP contribution < -0.4 is 0 Å². The highest BCUT2D eigenvalue weighted by Gasteiger charge is 2.32. The molecule has 16 rings (SSSR count). The third-order valence-corrected chi connectivity index (χ3v) is 23.8. The molecule has 7 aromatic carbocycles. The monoisotopic (exact) mass is 1540 g/mol. The van der Waals surface area contributed by atoms with E-state index in [1.54, 1.807) is 79.4 Å². The molecule has 9 heterocycles. The van der Waals surface area contributed by atoms with Crippen LogP contribution >= 0.6 is 0 Å². The number of carboxylic acid groups (broad SMARTS) is 4. The molecule has 1 aliphatic heterocycles. The molecule has 0 amide bonds. The summed E-state index contributed by atoms with van der Waals surface area (Å²) in [5.74, 6) is -4.39. The van der Waals surface area contributed by atoms with Crippen molar-refractivity contribution >= 4 is 123 Å². The van der Waals surface area contributed by atoms with Gasteiger partial charge in [-0.15, -0.1) is 0 Å². The molecule has 0 fully saturated rings. The molecule has 1 aliphatic rings. The average molecular weight is 1540 g/mol. The van der Waals surface area contributed by atoms with Gasteiger partial charge in [-0.1, -0.05) is 103 Å². The fourth-order valence-corrected chi connectivity index (χ4v) is 16.6. The molecule has 4 N–H and O–H groups in total. The highest BCUT2D eigenvalue weighted by atomic mass is 32.2. The Labute approximate surface area is 625 Å². The largest absolute Gasteiger partial charge is 0.481 e. The Balaban J connectivity index is 0.000000128. The van der Waals surface area contributed by atoms with Crippen LogP contribution in [0, 0.1) is 19.8 Å². The van der Waals surface area contributed by atoms with E-state index in [2.05, 4.69) is 30.6 Å². The Morgan fingerprint density at radius 3 is 1.11 bits per heavy atom. The molecule has 0 saturated carbocycles. The maximum absolute atomic E-state index is 11.8. The van der Waals surface area contributed by atoms with Gasteiger partial charge in [0.2, 0.25) is 0 Å². The van der Waals surface area contributed by atoms with Crippen LogP contribution in [-0.4, -0.2) is 141 Å². The van der Waals surface area contributed by atoms with E-state index < -0.39 is 69.1 Å². The van der Waals surface area contributed by atoms with E-state index in [-0.39, 0.29) is 27.0 Å². The van der Waals surface area contributed by atoms with Crippen molar-refractivity contribution in [1.29, 1.82) is 0 Å². The first-order valence-electron chi connectivity index (χ1n) is 33.9. The van der Waals surface area contributed by atoms with E-state index in [4.69, 9.17) is 0 Å². The fraction of sp³-hybridized carbons (Fsp3) is 0.160. The van der Waals surface area contributed by atoms with Crippen LogP contribution in [0.1, 0.15) is 92.8 Å². The average Bonchev–Trinajstić information content (AvgIpc) is 1.60. The molecule has 1 atom stereocenters. The van der Waals surface area contributed by atoms with Crippen molar-refractivity contribution in [3.63, 3.8) is 0 Å². The first-order valence-corrected chi connectivity index (χ1v) is 41.4. The summed E-state index contributed by atoms with van der Waals surface area (Å²) in [7, 11) is -13.1. The lowest BCUT2D eigenvalue weighted by atomic mass is 9.95. The zero-order valence-electron chi connectivity index (χ0n) is 59.4. The molecule has 0 radical (unpaired) electrons. The van der Waals surface area contributed by atoms with Crippen LogP contribution in [0.5, 0.6) is 0 Å². The van der Waals surface area contributed by atoms with E-state index in [9.17, 15) is 73.3 Å². The number of hydrogen-bond donors (Lipinski definition) is 4. The highest BCUT2D eigenvalue weighted by Crippen LogP contribution is 2.38. The topological polar surface area (TPSA) is 355 Å². The number of nitrogens with zero attached hydrogens (tertiary/aromatic N) is 8. The van der Waals surface area contributed by atoms with Crippen LogP contribution in [0.15, 0.2) is 233 Å². The minimum Gasteiger partial charge on any atom is -0.481 e. The number of aromatic carboxylic acids is 3. The molecule has 8 aromatic heterocycles. The van der Waals surface area contributed by atoms with Crippen molar-refractivity contribution in [3.05, 3.63) is 292 Å². The number of benzene rings is 7. The number of fused-ring (bicyclic) bond motifs is 12. The lowest BCUT2D eigenvalue weighted by molar-refractivity contribution is -0.141. The van der Waals surface area contributed by atoms with Gasteiger partial charge in [-0.2, -0.15) is 0 Å². The van der Waals surface area contributed by atoms with E-state index in [0.717, 1.165) is 128 Å². The van der Waals surface area contributed by atoms with Crippen LogP contribution in [0.3, 0.4) is 0 Å². The van der Waals surface area contributed by atoms with Crippen molar-refractivity contribution in [2.24, 2.45) is 5.92 Å². The number of aromatic nitrogens is 8. The summed E-state index contributed by atoms with van der Waals surface area (Å²) in [6.07, 6.45) is 18.4. The van der Waals surface area contributed by atoms with Crippen molar-refractivity contribution in [2.75, 3.05) is 25.0 Å². The fourth-order valence-electron chi connectivity index (χ4n) is 14.0.